The van der Waals surface area contributed by atoms with E-state index in [1.54, 1.807) is 6.26 Å². The van der Waals surface area contributed by atoms with Gasteiger partial charge in [0.2, 0.25) is 0 Å². The van der Waals surface area contributed by atoms with Gasteiger partial charge in [0.05, 0.1) is 12.8 Å². The fourth-order valence-corrected chi connectivity index (χ4v) is 2.37. The SMILES string of the molecule is Cc1cc(N)ccc1N(Cc1ccco1)C1CC1. The second kappa shape index (κ2) is 4.41. The number of hydrogen-bond acceptors (Lipinski definition) is 3. The van der Waals surface area contributed by atoms with Gasteiger partial charge in [-0.2, -0.15) is 0 Å². The molecule has 0 unspecified atom stereocenters. The van der Waals surface area contributed by atoms with Crippen LogP contribution in [-0.4, -0.2) is 6.04 Å². The zero-order valence-corrected chi connectivity index (χ0v) is 10.6. The Morgan fingerprint density at radius 2 is 2.17 bits per heavy atom. The molecule has 0 bridgehead atoms. The molecule has 1 aromatic carbocycles. The number of nitrogens with two attached hydrogens (primary N) is 1. The standard InChI is InChI=1S/C15H18N2O/c1-11-9-12(16)4-7-15(11)17(13-5-6-13)10-14-3-2-8-18-14/h2-4,7-9,13H,5-6,10,16H2,1H3. The van der Waals surface area contributed by atoms with E-state index in [1.165, 1.54) is 24.1 Å². The van der Waals surface area contributed by atoms with Crippen LogP contribution >= 0.6 is 0 Å². The zero-order chi connectivity index (χ0) is 12.5. The minimum absolute atomic E-state index is 0.650. The van der Waals surface area contributed by atoms with Crippen LogP contribution in [-0.2, 0) is 6.54 Å². The Labute approximate surface area is 107 Å². The molecule has 0 amide bonds. The van der Waals surface area contributed by atoms with Crippen molar-refractivity contribution < 1.29 is 4.42 Å². The van der Waals surface area contributed by atoms with Gasteiger partial charge >= 0.3 is 0 Å². The van der Waals surface area contributed by atoms with Crippen molar-refractivity contribution in [3.05, 3.63) is 47.9 Å². The van der Waals surface area contributed by atoms with E-state index < -0.39 is 0 Å². The summed E-state index contributed by atoms with van der Waals surface area (Å²) in [5.74, 6) is 1.01. The molecule has 3 heteroatoms. The summed E-state index contributed by atoms with van der Waals surface area (Å²) in [6, 6.07) is 10.7. The maximum atomic E-state index is 5.82. The van der Waals surface area contributed by atoms with Gasteiger partial charge in [-0.05, 0) is 55.7 Å². The van der Waals surface area contributed by atoms with Crippen molar-refractivity contribution in [1.29, 1.82) is 0 Å². The van der Waals surface area contributed by atoms with Crippen molar-refractivity contribution >= 4 is 11.4 Å². The van der Waals surface area contributed by atoms with Crippen molar-refractivity contribution in [1.82, 2.24) is 0 Å². The number of benzene rings is 1. The summed E-state index contributed by atoms with van der Waals surface area (Å²) in [5.41, 5.74) is 9.14. The van der Waals surface area contributed by atoms with E-state index in [0.29, 0.717) is 6.04 Å². The maximum Gasteiger partial charge on any atom is 0.123 e. The largest absolute Gasteiger partial charge is 0.467 e. The number of hydrogen-bond donors (Lipinski definition) is 1. The van der Waals surface area contributed by atoms with E-state index in [2.05, 4.69) is 17.9 Å². The van der Waals surface area contributed by atoms with Gasteiger partial charge in [0.1, 0.15) is 5.76 Å². The second-order valence-corrected chi connectivity index (χ2v) is 4.98. The number of nitrogens with zero attached hydrogens (tertiary/aromatic N) is 1. The Morgan fingerprint density at radius 1 is 1.33 bits per heavy atom. The first kappa shape index (κ1) is 11.2. The van der Waals surface area contributed by atoms with Crippen LogP contribution in [0.4, 0.5) is 11.4 Å². The molecule has 0 spiro atoms. The zero-order valence-electron chi connectivity index (χ0n) is 10.6. The van der Waals surface area contributed by atoms with E-state index in [1.807, 2.05) is 24.3 Å². The molecule has 1 aromatic heterocycles. The predicted molar refractivity (Wildman–Crippen MR) is 73.5 cm³/mol. The Morgan fingerprint density at radius 3 is 2.78 bits per heavy atom. The third-order valence-electron chi connectivity index (χ3n) is 3.42. The Balaban J connectivity index is 1.89. The van der Waals surface area contributed by atoms with Crippen LogP contribution in [0.25, 0.3) is 0 Å². The summed E-state index contributed by atoms with van der Waals surface area (Å²) in [6.07, 6.45) is 4.27. The van der Waals surface area contributed by atoms with Crippen molar-refractivity contribution in [3.63, 3.8) is 0 Å². The van der Waals surface area contributed by atoms with Crippen molar-refractivity contribution in [3.8, 4) is 0 Å². The molecule has 18 heavy (non-hydrogen) atoms. The number of furan rings is 1. The smallest absolute Gasteiger partial charge is 0.123 e. The van der Waals surface area contributed by atoms with Gasteiger partial charge in [0.15, 0.2) is 0 Å². The van der Waals surface area contributed by atoms with Gasteiger partial charge in [-0.25, -0.2) is 0 Å². The maximum absolute atomic E-state index is 5.82. The number of rotatable bonds is 4. The molecule has 3 nitrogen and oxygen atoms in total. The summed E-state index contributed by atoms with van der Waals surface area (Å²) in [4.78, 5) is 2.42. The Bertz CT molecular complexity index is 529. The Kier molecular flexibility index (Phi) is 2.74. The van der Waals surface area contributed by atoms with E-state index in [-0.39, 0.29) is 0 Å². The number of anilines is 2. The normalized spacial score (nSPS) is 14.7. The molecular formula is C15H18N2O. The first-order valence-electron chi connectivity index (χ1n) is 6.39. The minimum atomic E-state index is 0.650. The summed E-state index contributed by atoms with van der Waals surface area (Å²) in [5, 5.41) is 0. The predicted octanol–water partition coefficient (Wildman–Crippen LogP) is 3.34. The van der Waals surface area contributed by atoms with Gasteiger partial charge in [-0.15, -0.1) is 0 Å². The van der Waals surface area contributed by atoms with Crippen LogP contribution in [0.5, 0.6) is 0 Å². The third-order valence-corrected chi connectivity index (χ3v) is 3.42. The highest BCUT2D eigenvalue weighted by atomic mass is 16.3. The highest BCUT2D eigenvalue weighted by molar-refractivity contribution is 5.60. The average molecular weight is 242 g/mol. The molecule has 2 aromatic rings. The summed E-state index contributed by atoms with van der Waals surface area (Å²) < 4.78 is 5.46. The van der Waals surface area contributed by atoms with E-state index in [9.17, 15) is 0 Å². The quantitative estimate of drug-likeness (QED) is 0.836. The van der Waals surface area contributed by atoms with E-state index in [0.717, 1.165) is 18.0 Å². The molecule has 1 aliphatic rings. The van der Waals surface area contributed by atoms with Crippen molar-refractivity contribution in [2.75, 3.05) is 10.6 Å². The molecular weight excluding hydrogens is 224 g/mol. The molecule has 1 heterocycles. The number of nitrogen functional groups attached to an aromatic ring is 1. The summed E-state index contributed by atoms with van der Waals surface area (Å²) in [7, 11) is 0. The molecule has 0 aliphatic heterocycles. The van der Waals surface area contributed by atoms with Crippen LogP contribution in [0.3, 0.4) is 0 Å². The Hall–Kier alpha value is -1.90. The van der Waals surface area contributed by atoms with Crippen molar-refractivity contribution in [2.24, 2.45) is 0 Å². The monoisotopic (exact) mass is 242 g/mol. The first-order chi connectivity index (χ1) is 8.74. The lowest BCUT2D eigenvalue weighted by Crippen LogP contribution is -2.25. The highest BCUT2D eigenvalue weighted by Crippen LogP contribution is 2.35. The number of aryl methyl sites for hydroxylation is 1. The highest BCUT2D eigenvalue weighted by Gasteiger charge is 2.30. The summed E-state index contributed by atoms with van der Waals surface area (Å²) in [6.45, 7) is 2.95. The lowest BCUT2D eigenvalue weighted by atomic mass is 10.1. The van der Waals surface area contributed by atoms with Crippen LogP contribution in [0, 0.1) is 6.92 Å². The first-order valence-corrected chi connectivity index (χ1v) is 6.39. The molecule has 0 atom stereocenters. The second-order valence-electron chi connectivity index (χ2n) is 4.98. The summed E-state index contributed by atoms with van der Waals surface area (Å²) >= 11 is 0. The van der Waals surface area contributed by atoms with Gasteiger partial charge in [0, 0.05) is 17.4 Å². The molecule has 0 radical (unpaired) electrons. The van der Waals surface area contributed by atoms with Crippen molar-refractivity contribution in [2.45, 2.75) is 32.4 Å². The lowest BCUT2D eigenvalue weighted by Gasteiger charge is -2.25. The lowest BCUT2D eigenvalue weighted by molar-refractivity contribution is 0.501. The van der Waals surface area contributed by atoms with Crippen LogP contribution in [0.15, 0.2) is 41.0 Å². The van der Waals surface area contributed by atoms with Gasteiger partial charge < -0.3 is 15.1 Å². The topological polar surface area (TPSA) is 42.4 Å². The molecule has 2 N–H and O–H groups in total. The molecule has 1 fully saturated rings. The van der Waals surface area contributed by atoms with Gasteiger partial charge in [-0.1, -0.05) is 0 Å². The molecule has 1 saturated carbocycles. The van der Waals surface area contributed by atoms with Crippen LogP contribution in [0.2, 0.25) is 0 Å². The minimum Gasteiger partial charge on any atom is -0.467 e. The molecule has 1 aliphatic carbocycles. The fourth-order valence-electron chi connectivity index (χ4n) is 2.37. The molecule has 0 saturated heterocycles. The average Bonchev–Trinajstić information content (AvgIpc) is 3.05. The van der Waals surface area contributed by atoms with Crippen LogP contribution in [0.1, 0.15) is 24.2 Å². The fraction of sp³-hybridized carbons (Fsp3) is 0.333. The third kappa shape index (κ3) is 2.21. The van der Waals surface area contributed by atoms with E-state index in [4.69, 9.17) is 10.2 Å². The molecule has 3 rings (SSSR count). The van der Waals surface area contributed by atoms with E-state index >= 15 is 0 Å². The van der Waals surface area contributed by atoms with Gasteiger partial charge in [-0.3, -0.25) is 0 Å². The molecule has 94 valence electrons. The van der Waals surface area contributed by atoms with Crippen LogP contribution < -0.4 is 10.6 Å². The van der Waals surface area contributed by atoms with Gasteiger partial charge in [0.25, 0.3) is 0 Å².